The van der Waals surface area contributed by atoms with Gasteiger partial charge in [-0.2, -0.15) is 0 Å². The van der Waals surface area contributed by atoms with Gasteiger partial charge in [-0.1, -0.05) is 49.6 Å². The molecule has 0 amide bonds. The molecule has 3 rings (SSSR count). The summed E-state index contributed by atoms with van der Waals surface area (Å²) in [5, 5.41) is 3.49. The highest BCUT2D eigenvalue weighted by atomic mass is 16.6. The number of anilines is 1. The maximum Gasteiger partial charge on any atom is 0.132 e. The van der Waals surface area contributed by atoms with Crippen LogP contribution < -0.4 is 10.1 Å². The van der Waals surface area contributed by atoms with E-state index in [1.54, 1.807) is 0 Å². The third kappa shape index (κ3) is 5.32. The second-order valence-electron chi connectivity index (χ2n) is 7.88. The number of nitrogens with one attached hydrogen (secondary N) is 1. The Morgan fingerprint density at radius 2 is 1.93 bits per heavy atom. The zero-order valence-electron chi connectivity index (χ0n) is 17.6. The number of rotatable bonds is 9. The van der Waals surface area contributed by atoms with Gasteiger partial charge in [0.05, 0.1) is 0 Å². The standard InChI is InChI=1S/C25H31NO3/c1-5-7-16-27-23-21-17-20(26-18-19-11-9-8-10-12-19)13-14-22(21)29-25(3,4)24(23)28-15-6-2/h2,8-14,17,23-24,26H,5,7,15-16,18H2,1,3-4H3. The SMILES string of the molecule is C#CCOC1C(OCCCC)c2cc(NCc3ccccc3)ccc2OC1(C)C. The fraction of sp³-hybridized carbons (Fsp3) is 0.440. The Hall–Kier alpha value is -2.48. The largest absolute Gasteiger partial charge is 0.485 e. The van der Waals surface area contributed by atoms with E-state index in [2.05, 4.69) is 36.4 Å². The highest BCUT2D eigenvalue weighted by Gasteiger charge is 2.45. The van der Waals surface area contributed by atoms with Crippen LogP contribution in [0, 0.1) is 12.3 Å². The van der Waals surface area contributed by atoms with E-state index in [1.807, 2.05) is 44.2 Å². The van der Waals surface area contributed by atoms with Gasteiger partial charge < -0.3 is 19.5 Å². The Morgan fingerprint density at radius 1 is 1.14 bits per heavy atom. The van der Waals surface area contributed by atoms with Gasteiger partial charge in [-0.15, -0.1) is 6.42 Å². The van der Waals surface area contributed by atoms with Gasteiger partial charge in [0.15, 0.2) is 0 Å². The molecule has 0 saturated heterocycles. The lowest BCUT2D eigenvalue weighted by molar-refractivity contribution is -0.156. The summed E-state index contributed by atoms with van der Waals surface area (Å²) >= 11 is 0. The molecule has 2 aromatic carbocycles. The van der Waals surface area contributed by atoms with Crippen LogP contribution >= 0.6 is 0 Å². The average molecular weight is 394 g/mol. The van der Waals surface area contributed by atoms with Crippen LogP contribution in [0.3, 0.4) is 0 Å². The monoisotopic (exact) mass is 393 g/mol. The third-order valence-electron chi connectivity index (χ3n) is 5.13. The molecule has 0 aliphatic carbocycles. The summed E-state index contributed by atoms with van der Waals surface area (Å²) in [6.45, 7) is 7.86. The summed E-state index contributed by atoms with van der Waals surface area (Å²) < 4.78 is 18.6. The summed E-state index contributed by atoms with van der Waals surface area (Å²) in [5.74, 6) is 3.40. The number of terminal acetylenes is 1. The van der Waals surface area contributed by atoms with Crippen LogP contribution in [0.15, 0.2) is 48.5 Å². The molecule has 154 valence electrons. The lowest BCUT2D eigenvalue weighted by atomic mass is 9.87. The van der Waals surface area contributed by atoms with E-state index in [0.29, 0.717) is 6.61 Å². The second-order valence-corrected chi connectivity index (χ2v) is 7.88. The van der Waals surface area contributed by atoms with Crippen molar-refractivity contribution in [1.82, 2.24) is 0 Å². The lowest BCUT2D eigenvalue weighted by Gasteiger charge is -2.44. The van der Waals surface area contributed by atoms with Crippen molar-refractivity contribution in [2.24, 2.45) is 0 Å². The van der Waals surface area contributed by atoms with Crippen molar-refractivity contribution in [2.45, 2.75) is 58.0 Å². The minimum Gasteiger partial charge on any atom is -0.485 e. The average Bonchev–Trinajstić information content (AvgIpc) is 2.72. The van der Waals surface area contributed by atoms with E-state index in [1.165, 1.54) is 5.56 Å². The maximum atomic E-state index is 6.31. The molecule has 0 fully saturated rings. The fourth-order valence-electron chi connectivity index (χ4n) is 3.60. The van der Waals surface area contributed by atoms with Crippen LogP contribution in [0.1, 0.15) is 50.8 Å². The fourth-order valence-corrected chi connectivity index (χ4v) is 3.60. The van der Waals surface area contributed by atoms with Crippen molar-refractivity contribution in [3.8, 4) is 18.1 Å². The van der Waals surface area contributed by atoms with Gasteiger partial charge in [0.25, 0.3) is 0 Å². The Kier molecular flexibility index (Phi) is 7.19. The molecule has 4 heteroatoms. The number of hydrogen-bond acceptors (Lipinski definition) is 4. The molecule has 4 nitrogen and oxygen atoms in total. The summed E-state index contributed by atoms with van der Waals surface area (Å²) in [4.78, 5) is 0. The Morgan fingerprint density at radius 3 is 2.66 bits per heavy atom. The Labute approximate surface area is 174 Å². The number of unbranched alkanes of at least 4 members (excludes halogenated alkanes) is 1. The van der Waals surface area contributed by atoms with Crippen molar-refractivity contribution in [3.05, 3.63) is 59.7 Å². The van der Waals surface area contributed by atoms with E-state index in [-0.39, 0.29) is 18.8 Å². The van der Waals surface area contributed by atoms with E-state index < -0.39 is 5.60 Å². The van der Waals surface area contributed by atoms with E-state index in [0.717, 1.165) is 36.4 Å². The molecular weight excluding hydrogens is 362 g/mol. The van der Waals surface area contributed by atoms with Gasteiger partial charge in [-0.3, -0.25) is 0 Å². The maximum absolute atomic E-state index is 6.31. The van der Waals surface area contributed by atoms with Gasteiger partial charge in [0.1, 0.15) is 30.2 Å². The van der Waals surface area contributed by atoms with Crippen LogP contribution in [-0.4, -0.2) is 24.9 Å². The predicted octanol–water partition coefficient (Wildman–Crippen LogP) is 5.35. The van der Waals surface area contributed by atoms with Crippen LogP contribution in [-0.2, 0) is 16.0 Å². The van der Waals surface area contributed by atoms with Gasteiger partial charge in [0.2, 0.25) is 0 Å². The summed E-state index contributed by atoms with van der Waals surface area (Å²) in [7, 11) is 0. The van der Waals surface area contributed by atoms with Crippen LogP contribution in [0.25, 0.3) is 0 Å². The highest BCUT2D eigenvalue weighted by molar-refractivity contribution is 5.53. The van der Waals surface area contributed by atoms with Crippen LogP contribution in [0.4, 0.5) is 5.69 Å². The van der Waals surface area contributed by atoms with Crippen molar-refractivity contribution in [1.29, 1.82) is 0 Å². The molecule has 1 aliphatic heterocycles. The number of hydrogen-bond donors (Lipinski definition) is 1. The number of ether oxygens (including phenoxy) is 3. The van der Waals surface area contributed by atoms with Crippen LogP contribution in [0.5, 0.6) is 5.75 Å². The molecule has 2 atom stereocenters. The van der Waals surface area contributed by atoms with Crippen molar-refractivity contribution < 1.29 is 14.2 Å². The van der Waals surface area contributed by atoms with E-state index in [4.69, 9.17) is 20.6 Å². The minimum absolute atomic E-state index is 0.229. The summed E-state index contributed by atoms with van der Waals surface area (Å²) in [5.41, 5.74) is 2.71. The molecule has 1 heterocycles. The summed E-state index contributed by atoms with van der Waals surface area (Å²) in [6, 6.07) is 16.5. The quantitative estimate of drug-likeness (QED) is 0.461. The molecule has 29 heavy (non-hydrogen) atoms. The lowest BCUT2D eigenvalue weighted by Crippen LogP contribution is -2.51. The smallest absolute Gasteiger partial charge is 0.132 e. The molecule has 0 saturated carbocycles. The first kappa shape index (κ1) is 21.2. The topological polar surface area (TPSA) is 39.7 Å². The molecule has 2 aromatic rings. The number of benzene rings is 2. The van der Waals surface area contributed by atoms with Crippen molar-refractivity contribution in [2.75, 3.05) is 18.5 Å². The van der Waals surface area contributed by atoms with Crippen molar-refractivity contribution >= 4 is 5.69 Å². The molecule has 1 aliphatic rings. The number of fused-ring (bicyclic) bond motifs is 1. The third-order valence-corrected chi connectivity index (χ3v) is 5.13. The van der Waals surface area contributed by atoms with Gasteiger partial charge in [-0.05, 0) is 44.0 Å². The first-order chi connectivity index (χ1) is 14.0. The molecule has 1 N–H and O–H groups in total. The van der Waals surface area contributed by atoms with Crippen molar-refractivity contribution in [3.63, 3.8) is 0 Å². The molecule has 2 unspecified atom stereocenters. The normalized spacial score (nSPS) is 19.7. The van der Waals surface area contributed by atoms with Gasteiger partial charge in [-0.25, -0.2) is 0 Å². The van der Waals surface area contributed by atoms with E-state index in [9.17, 15) is 0 Å². The zero-order chi connectivity index (χ0) is 20.7. The first-order valence-corrected chi connectivity index (χ1v) is 10.3. The molecule has 0 spiro atoms. The van der Waals surface area contributed by atoms with E-state index >= 15 is 0 Å². The zero-order valence-corrected chi connectivity index (χ0v) is 17.6. The summed E-state index contributed by atoms with van der Waals surface area (Å²) in [6.07, 6.45) is 7.01. The predicted molar refractivity (Wildman–Crippen MR) is 117 cm³/mol. The molecule has 0 bridgehead atoms. The second kappa shape index (κ2) is 9.82. The minimum atomic E-state index is -0.542. The molecule has 0 aromatic heterocycles. The van der Waals surface area contributed by atoms with Gasteiger partial charge >= 0.3 is 0 Å². The Bertz CT molecular complexity index is 826. The first-order valence-electron chi connectivity index (χ1n) is 10.3. The Balaban J connectivity index is 1.85. The van der Waals surface area contributed by atoms with Crippen LogP contribution in [0.2, 0.25) is 0 Å². The molecule has 0 radical (unpaired) electrons. The highest BCUT2D eigenvalue weighted by Crippen LogP contribution is 2.44. The molecular formula is C25H31NO3. The van der Waals surface area contributed by atoms with Gasteiger partial charge in [0, 0.05) is 24.4 Å².